The second-order valence-corrected chi connectivity index (χ2v) is 28.5. The number of phosphoric acid groups is 2. The Labute approximate surface area is 537 Å². The molecule has 0 bridgehead atoms. The first-order chi connectivity index (χ1) is 42.4. The molecule has 0 radical (unpaired) electrons. The fraction of sp³-hybridized carbons (Fsp3) is 0.942. The number of hydrogen-bond acceptors (Lipinski definition) is 15. The Morgan fingerprint density at radius 1 is 0.330 bits per heavy atom. The SMILES string of the molecule is CCCCCCCCCCCCCCCCCCCCC(=O)O[C@H](COC(=O)CCCCCCCCCCC(C)CC)COP(=O)(O)OC[C@@H](O)COP(=O)(O)OC[C@@H](COC(=O)CCCCCCCCC)OC(=O)CCCCCCCCCCC(C)C. The van der Waals surface area contributed by atoms with Gasteiger partial charge < -0.3 is 33.8 Å². The van der Waals surface area contributed by atoms with Crippen molar-refractivity contribution in [3.05, 3.63) is 0 Å². The molecule has 0 spiro atoms. The summed E-state index contributed by atoms with van der Waals surface area (Å²) < 4.78 is 68.1. The van der Waals surface area contributed by atoms with E-state index in [0.29, 0.717) is 25.7 Å². The number of aliphatic hydroxyl groups is 1. The number of esters is 4. The summed E-state index contributed by atoms with van der Waals surface area (Å²) in [6, 6.07) is 0. The average molecular weight is 1300 g/mol. The molecule has 17 nitrogen and oxygen atoms in total. The number of rotatable bonds is 68. The van der Waals surface area contributed by atoms with Crippen molar-refractivity contribution in [2.24, 2.45) is 11.8 Å². The van der Waals surface area contributed by atoms with Crippen molar-refractivity contribution in [3.8, 4) is 0 Å². The van der Waals surface area contributed by atoms with Crippen molar-refractivity contribution in [1.82, 2.24) is 0 Å². The average Bonchev–Trinajstić information content (AvgIpc) is 3.61. The van der Waals surface area contributed by atoms with Gasteiger partial charge in [0.15, 0.2) is 12.2 Å². The van der Waals surface area contributed by atoms with Crippen LogP contribution in [0.15, 0.2) is 0 Å². The van der Waals surface area contributed by atoms with E-state index in [9.17, 15) is 43.2 Å². The lowest BCUT2D eigenvalue weighted by atomic mass is 9.99. The zero-order valence-electron chi connectivity index (χ0n) is 57.0. The van der Waals surface area contributed by atoms with Crippen LogP contribution in [-0.2, 0) is 65.4 Å². The molecule has 0 aromatic rings. The van der Waals surface area contributed by atoms with Gasteiger partial charge in [0.25, 0.3) is 0 Å². The predicted octanol–water partition coefficient (Wildman–Crippen LogP) is 19.6. The number of phosphoric ester groups is 2. The third-order valence-electron chi connectivity index (χ3n) is 16.3. The summed E-state index contributed by atoms with van der Waals surface area (Å²) >= 11 is 0. The summed E-state index contributed by atoms with van der Waals surface area (Å²) in [6.45, 7) is 9.46. The summed E-state index contributed by atoms with van der Waals surface area (Å²) in [7, 11) is -9.89. The van der Waals surface area contributed by atoms with Crippen molar-refractivity contribution in [3.63, 3.8) is 0 Å². The van der Waals surface area contributed by atoms with Crippen LogP contribution in [0.3, 0.4) is 0 Å². The van der Waals surface area contributed by atoms with E-state index < -0.39 is 97.5 Å². The van der Waals surface area contributed by atoms with Crippen LogP contribution in [0.1, 0.15) is 350 Å². The number of ether oxygens (including phenoxy) is 4. The quantitative estimate of drug-likeness (QED) is 0.0222. The molecular formula is C69H134O17P2. The van der Waals surface area contributed by atoms with Gasteiger partial charge in [-0.2, -0.15) is 0 Å². The molecule has 0 aromatic carbocycles. The first kappa shape index (κ1) is 86.1. The van der Waals surface area contributed by atoms with Gasteiger partial charge in [0.1, 0.15) is 19.3 Å². The van der Waals surface area contributed by atoms with Crippen LogP contribution in [-0.4, -0.2) is 96.7 Å². The first-order valence-corrected chi connectivity index (χ1v) is 39.0. The topological polar surface area (TPSA) is 237 Å². The molecule has 0 aliphatic rings. The molecule has 522 valence electrons. The largest absolute Gasteiger partial charge is 0.472 e. The summed E-state index contributed by atoms with van der Waals surface area (Å²) in [6.07, 6.45) is 46.0. The van der Waals surface area contributed by atoms with Crippen molar-refractivity contribution < 1.29 is 80.2 Å². The highest BCUT2D eigenvalue weighted by molar-refractivity contribution is 7.47. The van der Waals surface area contributed by atoms with Gasteiger partial charge in [-0.3, -0.25) is 37.3 Å². The molecule has 0 amide bonds. The minimum atomic E-state index is -4.95. The van der Waals surface area contributed by atoms with Crippen molar-refractivity contribution >= 4 is 39.5 Å². The van der Waals surface area contributed by atoms with E-state index >= 15 is 0 Å². The lowest BCUT2D eigenvalue weighted by Gasteiger charge is -2.21. The molecule has 19 heteroatoms. The molecule has 0 saturated heterocycles. The van der Waals surface area contributed by atoms with Crippen LogP contribution >= 0.6 is 15.6 Å². The molecule has 0 rings (SSSR count). The van der Waals surface area contributed by atoms with E-state index in [1.165, 1.54) is 154 Å². The first-order valence-electron chi connectivity index (χ1n) is 36.0. The highest BCUT2D eigenvalue weighted by Gasteiger charge is 2.30. The Hall–Kier alpha value is -1.94. The summed E-state index contributed by atoms with van der Waals surface area (Å²) in [5.41, 5.74) is 0. The van der Waals surface area contributed by atoms with Gasteiger partial charge in [-0.25, -0.2) is 9.13 Å². The highest BCUT2D eigenvalue weighted by atomic mass is 31.2. The van der Waals surface area contributed by atoms with E-state index in [1.807, 2.05) is 0 Å². The molecule has 0 aliphatic heterocycles. The standard InChI is InChI=1S/C69H134O17P2/c1-7-10-12-14-16-17-18-19-20-21-22-23-24-25-26-35-41-47-53-68(73)85-65(58-80-67(72)52-46-40-34-30-28-33-38-44-50-62(6)9-3)60-84-88(77,78)82-56-63(70)55-81-87(75,76)83-59-64(57-79-66(71)51-45-39-31-15-13-11-8-2)86-69(74)54-48-42-36-29-27-32-37-43-49-61(4)5/h61-65,70H,7-60H2,1-6H3,(H,75,76)(H,77,78)/t62?,63-,64+,65+/m0/s1. The Morgan fingerprint density at radius 3 is 0.864 bits per heavy atom. The number of hydrogen-bond donors (Lipinski definition) is 3. The van der Waals surface area contributed by atoms with Crippen LogP contribution in [0.25, 0.3) is 0 Å². The molecule has 3 unspecified atom stereocenters. The smallest absolute Gasteiger partial charge is 0.462 e. The van der Waals surface area contributed by atoms with Gasteiger partial charge in [-0.15, -0.1) is 0 Å². The minimum Gasteiger partial charge on any atom is -0.462 e. The summed E-state index contributed by atoms with van der Waals surface area (Å²) in [4.78, 5) is 72.3. The van der Waals surface area contributed by atoms with Gasteiger partial charge in [0.2, 0.25) is 0 Å². The maximum Gasteiger partial charge on any atom is 0.472 e. The van der Waals surface area contributed by atoms with E-state index in [0.717, 1.165) is 115 Å². The molecule has 0 aliphatic carbocycles. The zero-order valence-corrected chi connectivity index (χ0v) is 58.8. The van der Waals surface area contributed by atoms with Crippen molar-refractivity contribution in [2.45, 2.75) is 368 Å². The number of carbonyl (C=O) groups is 4. The van der Waals surface area contributed by atoms with Crippen molar-refractivity contribution in [2.75, 3.05) is 39.6 Å². The minimum absolute atomic E-state index is 0.104. The lowest BCUT2D eigenvalue weighted by molar-refractivity contribution is -0.161. The van der Waals surface area contributed by atoms with Gasteiger partial charge in [0, 0.05) is 25.7 Å². The van der Waals surface area contributed by atoms with E-state index in [4.69, 9.17) is 37.0 Å². The van der Waals surface area contributed by atoms with E-state index in [-0.39, 0.29) is 25.7 Å². The van der Waals surface area contributed by atoms with Crippen LogP contribution in [0.5, 0.6) is 0 Å². The molecule has 6 atom stereocenters. The zero-order chi connectivity index (χ0) is 65.0. The van der Waals surface area contributed by atoms with E-state index in [1.54, 1.807) is 0 Å². The molecule has 88 heavy (non-hydrogen) atoms. The Kier molecular flexibility index (Phi) is 59.9. The van der Waals surface area contributed by atoms with Crippen LogP contribution in [0.4, 0.5) is 0 Å². The Bertz CT molecular complexity index is 1720. The lowest BCUT2D eigenvalue weighted by Crippen LogP contribution is -2.30. The second kappa shape index (κ2) is 61.3. The normalized spacial score (nSPS) is 14.5. The summed E-state index contributed by atoms with van der Waals surface area (Å²) in [5.74, 6) is -0.636. The predicted molar refractivity (Wildman–Crippen MR) is 354 cm³/mol. The Balaban J connectivity index is 5.19. The second-order valence-electron chi connectivity index (χ2n) is 25.6. The highest BCUT2D eigenvalue weighted by Crippen LogP contribution is 2.45. The molecule has 3 N–H and O–H groups in total. The summed E-state index contributed by atoms with van der Waals surface area (Å²) in [5, 5.41) is 10.6. The van der Waals surface area contributed by atoms with E-state index in [2.05, 4.69) is 41.5 Å². The molecule has 0 saturated carbocycles. The van der Waals surface area contributed by atoms with Crippen LogP contribution < -0.4 is 0 Å². The third kappa shape index (κ3) is 61.6. The van der Waals surface area contributed by atoms with Gasteiger partial charge >= 0.3 is 39.5 Å². The number of carbonyl (C=O) groups excluding carboxylic acids is 4. The van der Waals surface area contributed by atoms with Gasteiger partial charge in [0.05, 0.1) is 26.4 Å². The fourth-order valence-corrected chi connectivity index (χ4v) is 12.0. The van der Waals surface area contributed by atoms with Gasteiger partial charge in [-0.1, -0.05) is 298 Å². The fourth-order valence-electron chi connectivity index (χ4n) is 10.4. The molecule has 0 aromatic heterocycles. The van der Waals surface area contributed by atoms with Crippen LogP contribution in [0.2, 0.25) is 0 Å². The van der Waals surface area contributed by atoms with Crippen LogP contribution in [0, 0.1) is 11.8 Å². The van der Waals surface area contributed by atoms with Gasteiger partial charge in [-0.05, 0) is 37.5 Å². The Morgan fingerprint density at radius 2 is 0.580 bits per heavy atom. The third-order valence-corrected chi connectivity index (χ3v) is 18.2. The molecular weight excluding hydrogens is 1160 g/mol. The monoisotopic (exact) mass is 1300 g/mol. The maximum atomic E-state index is 13.0. The molecule has 0 fully saturated rings. The van der Waals surface area contributed by atoms with Crippen molar-refractivity contribution in [1.29, 1.82) is 0 Å². The number of aliphatic hydroxyl groups excluding tert-OH is 1. The maximum absolute atomic E-state index is 13.0. The molecule has 0 heterocycles. The number of unbranched alkanes of at least 4 members (excludes halogenated alkanes) is 37.